The number of hydrogen-bond donors (Lipinski definition) is 1. The highest BCUT2D eigenvalue weighted by Crippen LogP contribution is 2.40. The summed E-state index contributed by atoms with van der Waals surface area (Å²) in [4.78, 5) is 27.4. The Morgan fingerprint density at radius 2 is 2.12 bits per heavy atom. The summed E-state index contributed by atoms with van der Waals surface area (Å²) in [5.41, 5.74) is -0.319. The number of alkyl halides is 3. The van der Waals surface area contributed by atoms with Gasteiger partial charge in [0.15, 0.2) is 0 Å². The molecule has 2 rings (SSSR count). The molecule has 1 aliphatic rings. The summed E-state index contributed by atoms with van der Waals surface area (Å²) < 4.78 is 38.7. The van der Waals surface area contributed by atoms with E-state index in [-0.39, 0.29) is 30.5 Å². The zero-order valence-electron chi connectivity index (χ0n) is 14.7. The van der Waals surface area contributed by atoms with Crippen molar-refractivity contribution in [2.45, 2.75) is 18.0 Å². The van der Waals surface area contributed by atoms with Gasteiger partial charge in [0.1, 0.15) is 5.37 Å². The van der Waals surface area contributed by atoms with Gasteiger partial charge in [0.25, 0.3) is 0 Å². The SMILES string of the molecule is CN(C)CCNC(=O)CCN1C(=O)CS[C@H]1c1cccc(C(F)(F)F)c1. The van der Waals surface area contributed by atoms with Gasteiger partial charge in [0, 0.05) is 26.1 Å². The van der Waals surface area contributed by atoms with Crippen LogP contribution in [0.15, 0.2) is 24.3 Å². The molecule has 1 N–H and O–H groups in total. The number of nitrogens with one attached hydrogen (secondary N) is 1. The first kappa shape index (κ1) is 20.6. The number of thioether (sulfide) groups is 1. The van der Waals surface area contributed by atoms with Crippen LogP contribution >= 0.6 is 11.8 Å². The third kappa shape index (κ3) is 5.63. The molecule has 0 saturated carbocycles. The summed E-state index contributed by atoms with van der Waals surface area (Å²) in [6.07, 6.45) is -4.31. The number of carbonyl (C=O) groups is 2. The molecule has 0 aliphatic carbocycles. The molecule has 0 radical (unpaired) electrons. The van der Waals surface area contributed by atoms with Gasteiger partial charge in [-0.05, 0) is 31.8 Å². The van der Waals surface area contributed by atoms with Crippen molar-refractivity contribution in [2.75, 3.05) is 39.5 Å². The van der Waals surface area contributed by atoms with Gasteiger partial charge in [-0.3, -0.25) is 9.59 Å². The Bertz CT molecular complexity index is 652. The monoisotopic (exact) mass is 389 g/mol. The molecule has 144 valence electrons. The van der Waals surface area contributed by atoms with Crippen LogP contribution in [0, 0.1) is 0 Å². The molecule has 0 unspecified atom stereocenters. The first-order valence-electron chi connectivity index (χ1n) is 8.18. The van der Waals surface area contributed by atoms with Crippen molar-refractivity contribution in [3.05, 3.63) is 35.4 Å². The minimum Gasteiger partial charge on any atom is -0.355 e. The first-order chi connectivity index (χ1) is 12.2. The van der Waals surface area contributed by atoms with Crippen LogP contribution in [0.25, 0.3) is 0 Å². The van der Waals surface area contributed by atoms with Crippen LogP contribution in [0.4, 0.5) is 13.2 Å². The number of hydrogen-bond acceptors (Lipinski definition) is 4. The molecule has 0 aromatic heterocycles. The molecule has 5 nitrogen and oxygen atoms in total. The number of likely N-dealkylation sites (N-methyl/N-ethyl adjacent to an activating group) is 1. The van der Waals surface area contributed by atoms with E-state index in [0.29, 0.717) is 18.7 Å². The molecule has 26 heavy (non-hydrogen) atoms. The maximum atomic E-state index is 12.9. The van der Waals surface area contributed by atoms with E-state index < -0.39 is 17.1 Å². The molecule has 1 heterocycles. The van der Waals surface area contributed by atoms with Crippen molar-refractivity contribution in [2.24, 2.45) is 0 Å². The number of nitrogens with zero attached hydrogens (tertiary/aromatic N) is 2. The number of benzene rings is 1. The van der Waals surface area contributed by atoms with Crippen molar-refractivity contribution in [3.63, 3.8) is 0 Å². The van der Waals surface area contributed by atoms with Gasteiger partial charge in [-0.15, -0.1) is 11.8 Å². The molecule has 1 aromatic carbocycles. The molecule has 1 saturated heterocycles. The third-order valence-corrected chi connectivity index (χ3v) is 5.18. The van der Waals surface area contributed by atoms with Crippen molar-refractivity contribution in [1.29, 1.82) is 0 Å². The van der Waals surface area contributed by atoms with E-state index in [1.807, 2.05) is 19.0 Å². The molecule has 0 spiro atoms. The maximum Gasteiger partial charge on any atom is 0.416 e. The van der Waals surface area contributed by atoms with Gasteiger partial charge in [0.05, 0.1) is 11.3 Å². The van der Waals surface area contributed by atoms with Gasteiger partial charge in [0.2, 0.25) is 11.8 Å². The molecule has 1 fully saturated rings. The average Bonchev–Trinajstić information content (AvgIpc) is 2.93. The van der Waals surface area contributed by atoms with Crippen LogP contribution in [-0.2, 0) is 15.8 Å². The zero-order chi connectivity index (χ0) is 19.3. The minimum atomic E-state index is -4.43. The van der Waals surface area contributed by atoms with Crippen LogP contribution in [0.2, 0.25) is 0 Å². The lowest BCUT2D eigenvalue weighted by Crippen LogP contribution is -2.35. The predicted molar refractivity (Wildman–Crippen MR) is 94.5 cm³/mol. The fourth-order valence-electron chi connectivity index (χ4n) is 2.57. The number of rotatable bonds is 7. The summed E-state index contributed by atoms with van der Waals surface area (Å²) >= 11 is 1.28. The Labute approximate surface area is 154 Å². The second-order valence-corrected chi connectivity index (χ2v) is 7.35. The molecular weight excluding hydrogens is 367 g/mol. The maximum absolute atomic E-state index is 12.9. The van der Waals surface area contributed by atoms with E-state index in [1.54, 1.807) is 6.07 Å². The third-order valence-electron chi connectivity index (χ3n) is 3.93. The van der Waals surface area contributed by atoms with Gasteiger partial charge < -0.3 is 15.1 Å². The normalized spacial score (nSPS) is 17.8. The van der Waals surface area contributed by atoms with Crippen LogP contribution in [-0.4, -0.2) is 61.1 Å². The Hall–Kier alpha value is -1.74. The average molecular weight is 389 g/mol. The Kier molecular flexibility index (Phi) is 6.94. The summed E-state index contributed by atoms with van der Waals surface area (Å²) in [6, 6.07) is 5.00. The van der Waals surface area contributed by atoms with E-state index in [2.05, 4.69) is 5.32 Å². The lowest BCUT2D eigenvalue weighted by Gasteiger charge is -2.24. The molecule has 0 bridgehead atoms. The molecule has 1 aromatic rings. The standard InChI is InChI=1S/C17H22F3N3O2S/c1-22(2)9-7-21-14(24)6-8-23-15(25)11-26-16(23)12-4-3-5-13(10-12)17(18,19)20/h3-5,10,16H,6-9,11H2,1-2H3,(H,21,24)/t16-/m0/s1. The van der Waals surface area contributed by atoms with E-state index in [9.17, 15) is 22.8 Å². The predicted octanol–water partition coefficient (Wildman–Crippen LogP) is 2.35. The van der Waals surface area contributed by atoms with Crippen LogP contribution in [0.3, 0.4) is 0 Å². The summed E-state index contributed by atoms with van der Waals surface area (Å²) in [7, 11) is 3.79. The van der Waals surface area contributed by atoms with Crippen LogP contribution in [0.5, 0.6) is 0 Å². The second kappa shape index (κ2) is 8.77. The number of halogens is 3. The molecule has 1 aliphatic heterocycles. The van der Waals surface area contributed by atoms with Crippen LogP contribution < -0.4 is 5.32 Å². The molecule has 1 atom stereocenters. The van der Waals surface area contributed by atoms with Crippen molar-refractivity contribution in [1.82, 2.24) is 15.1 Å². The van der Waals surface area contributed by atoms with Crippen molar-refractivity contribution >= 4 is 23.6 Å². The van der Waals surface area contributed by atoms with E-state index in [4.69, 9.17) is 0 Å². The topological polar surface area (TPSA) is 52.7 Å². The van der Waals surface area contributed by atoms with Gasteiger partial charge in [-0.25, -0.2) is 0 Å². The second-order valence-electron chi connectivity index (χ2n) is 6.28. The summed E-state index contributed by atoms with van der Waals surface area (Å²) in [5, 5.41) is 2.26. The zero-order valence-corrected chi connectivity index (χ0v) is 15.5. The van der Waals surface area contributed by atoms with Gasteiger partial charge in [-0.2, -0.15) is 13.2 Å². The van der Waals surface area contributed by atoms with Crippen molar-refractivity contribution < 1.29 is 22.8 Å². The van der Waals surface area contributed by atoms with Gasteiger partial charge in [-0.1, -0.05) is 12.1 Å². The highest BCUT2D eigenvalue weighted by molar-refractivity contribution is 8.00. The van der Waals surface area contributed by atoms with E-state index >= 15 is 0 Å². The number of amides is 2. The van der Waals surface area contributed by atoms with E-state index in [0.717, 1.165) is 12.1 Å². The highest BCUT2D eigenvalue weighted by atomic mass is 32.2. The largest absolute Gasteiger partial charge is 0.416 e. The Morgan fingerprint density at radius 3 is 2.77 bits per heavy atom. The summed E-state index contributed by atoms with van der Waals surface area (Å²) in [6.45, 7) is 1.39. The van der Waals surface area contributed by atoms with Crippen LogP contribution in [0.1, 0.15) is 22.9 Å². The first-order valence-corrected chi connectivity index (χ1v) is 9.23. The lowest BCUT2D eigenvalue weighted by molar-refractivity contribution is -0.137. The fourth-order valence-corrected chi connectivity index (χ4v) is 3.78. The quantitative estimate of drug-likeness (QED) is 0.778. The molecule has 2 amide bonds. The fraction of sp³-hybridized carbons (Fsp3) is 0.529. The van der Waals surface area contributed by atoms with E-state index in [1.165, 1.54) is 22.7 Å². The number of carbonyl (C=O) groups excluding carboxylic acids is 2. The Balaban J connectivity index is 1.99. The molecular formula is C17H22F3N3O2S. The van der Waals surface area contributed by atoms with Gasteiger partial charge >= 0.3 is 6.18 Å². The van der Waals surface area contributed by atoms with Crippen molar-refractivity contribution in [3.8, 4) is 0 Å². The smallest absolute Gasteiger partial charge is 0.355 e. The summed E-state index contributed by atoms with van der Waals surface area (Å²) in [5.74, 6) is -0.152. The lowest BCUT2D eigenvalue weighted by atomic mass is 10.1. The highest BCUT2D eigenvalue weighted by Gasteiger charge is 2.35. The Morgan fingerprint density at radius 1 is 1.38 bits per heavy atom. The minimum absolute atomic E-state index is 0.120. The molecule has 9 heteroatoms.